The Kier molecular flexibility index (Phi) is 5.76. The van der Waals surface area contributed by atoms with E-state index in [9.17, 15) is 14.4 Å². The van der Waals surface area contributed by atoms with Crippen LogP contribution in [0, 0.1) is 5.92 Å². The van der Waals surface area contributed by atoms with Crippen LogP contribution in [0.3, 0.4) is 0 Å². The van der Waals surface area contributed by atoms with Crippen molar-refractivity contribution in [2.24, 2.45) is 5.92 Å². The van der Waals surface area contributed by atoms with Crippen molar-refractivity contribution < 1.29 is 19.5 Å². The summed E-state index contributed by atoms with van der Waals surface area (Å²) in [6.45, 7) is 2.75. The van der Waals surface area contributed by atoms with Crippen LogP contribution in [0.1, 0.15) is 31.2 Å². The van der Waals surface area contributed by atoms with E-state index in [4.69, 9.17) is 5.11 Å². The Bertz CT molecular complexity index is 565. The number of carboxylic acid groups (broad SMARTS) is 1. The first-order valence-electron chi connectivity index (χ1n) is 7.67. The maximum Gasteiger partial charge on any atom is 0.306 e. The molecule has 0 saturated carbocycles. The Labute approximate surface area is 139 Å². The van der Waals surface area contributed by atoms with Crippen molar-refractivity contribution in [3.63, 3.8) is 0 Å². The first kappa shape index (κ1) is 17.5. The zero-order chi connectivity index (χ0) is 17.0. The van der Waals surface area contributed by atoms with Crippen LogP contribution in [-0.2, 0) is 14.4 Å². The van der Waals surface area contributed by atoms with Crippen LogP contribution < -0.4 is 0 Å². The van der Waals surface area contributed by atoms with Crippen molar-refractivity contribution >= 4 is 29.1 Å². The molecule has 0 bridgehead atoms. The Balaban J connectivity index is 1.85. The summed E-state index contributed by atoms with van der Waals surface area (Å²) < 4.78 is 0. The Morgan fingerprint density at radius 1 is 1.39 bits per heavy atom. The molecule has 2 amide bonds. The smallest absolute Gasteiger partial charge is 0.306 e. The molecule has 0 radical (unpaired) electrons. The van der Waals surface area contributed by atoms with Crippen LogP contribution in [0.4, 0.5) is 0 Å². The molecular weight excluding hydrogens is 316 g/mol. The van der Waals surface area contributed by atoms with Gasteiger partial charge < -0.3 is 14.9 Å². The fourth-order valence-corrected chi connectivity index (χ4v) is 3.51. The van der Waals surface area contributed by atoms with Gasteiger partial charge in [-0.3, -0.25) is 14.4 Å². The van der Waals surface area contributed by atoms with Crippen LogP contribution in [0.15, 0.2) is 16.8 Å². The third kappa shape index (κ3) is 4.31. The van der Waals surface area contributed by atoms with Gasteiger partial charge >= 0.3 is 5.97 Å². The molecule has 0 aliphatic carbocycles. The molecular formula is C16H22N2O4S. The summed E-state index contributed by atoms with van der Waals surface area (Å²) in [4.78, 5) is 38.7. The van der Waals surface area contributed by atoms with Crippen LogP contribution in [0.25, 0.3) is 0 Å². The lowest BCUT2D eigenvalue weighted by atomic mass is 9.97. The largest absolute Gasteiger partial charge is 0.481 e. The standard InChI is InChI=1S/C16H22N2O4S/c1-11(13-5-8-23-10-13)15(20)17(2)9-14(19)18-6-3-12(4-7-18)16(21)22/h5,8,10-12H,3-4,6-7,9H2,1-2H3,(H,21,22). The summed E-state index contributed by atoms with van der Waals surface area (Å²) in [5.74, 6) is -1.64. The molecule has 0 aromatic carbocycles. The number of rotatable bonds is 5. The van der Waals surface area contributed by atoms with Gasteiger partial charge in [-0.1, -0.05) is 0 Å². The predicted octanol–water partition coefficient (Wildman–Crippen LogP) is 1.63. The van der Waals surface area contributed by atoms with Crippen molar-refractivity contribution in [2.45, 2.75) is 25.7 Å². The summed E-state index contributed by atoms with van der Waals surface area (Å²) >= 11 is 1.54. The SMILES string of the molecule is CC(C(=O)N(C)CC(=O)N1CCC(C(=O)O)CC1)c1ccsc1. The van der Waals surface area contributed by atoms with Crippen LogP contribution in [0.5, 0.6) is 0 Å². The highest BCUT2D eigenvalue weighted by Crippen LogP contribution is 2.21. The summed E-state index contributed by atoms with van der Waals surface area (Å²) in [5, 5.41) is 12.8. The number of nitrogens with zero attached hydrogens (tertiary/aromatic N) is 2. The molecule has 1 saturated heterocycles. The topological polar surface area (TPSA) is 77.9 Å². The second-order valence-electron chi connectivity index (χ2n) is 5.97. The van der Waals surface area contributed by atoms with E-state index in [1.54, 1.807) is 23.3 Å². The average molecular weight is 338 g/mol. The molecule has 2 rings (SSSR count). The number of piperidine rings is 1. The number of likely N-dealkylation sites (N-methyl/N-ethyl adjacent to an activating group) is 1. The van der Waals surface area contributed by atoms with E-state index in [-0.39, 0.29) is 30.2 Å². The lowest BCUT2D eigenvalue weighted by Crippen LogP contribution is -2.46. The zero-order valence-corrected chi connectivity index (χ0v) is 14.2. The number of amides is 2. The van der Waals surface area contributed by atoms with Gasteiger partial charge in [0.2, 0.25) is 11.8 Å². The number of thiophene rings is 1. The third-order valence-corrected chi connectivity index (χ3v) is 5.06. The lowest BCUT2D eigenvalue weighted by Gasteiger charge is -2.31. The molecule has 1 aromatic heterocycles. The number of carbonyl (C=O) groups excluding carboxylic acids is 2. The normalized spacial score (nSPS) is 16.9. The van der Waals surface area contributed by atoms with E-state index < -0.39 is 5.97 Å². The maximum absolute atomic E-state index is 12.4. The predicted molar refractivity (Wildman–Crippen MR) is 87.3 cm³/mol. The van der Waals surface area contributed by atoms with E-state index in [0.29, 0.717) is 25.9 Å². The summed E-state index contributed by atoms with van der Waals surface area (Å²) in [6.07, 6.45) is 0.952. The van der Waals surface area contributed by atoms with Gasteiger partial charge in [0.05, 0.1) is 18.4 Å². The molecule has 1 fully saturated rings. The Hall–Kier alpha value is -1.89. The van der Waals surface area contributed by atoms with Gasteiger partial charge in [0.1, 0.15) is 0 Å². The number of hydrogen-bond acceptors (Lipinski definition) is 4. The van der Waals surface area contributed by atoms with Crippen LogP contribution in [-0.4, -0.2) is 59.4 Å². The van der Waals surface area contributed by atoms with Gasteiger partial charge in [-0.15, -0.1) is 0 Å². The Morgan fingerprint density at radius 2 is 2.04 bits per heavy atom. The second kappa shape index (κ2) is 7.59. The molecule has 6 nitrogen and oxygen atoms in total. The fourth-order valence-electron chi connectivity index (χ4n) is 2.75. The fraction of sp³-hybridized carbons (Fsp3) is 0.562. The molecule has 1 aliphatic rings. The van der Waals surface area contributed by atoms with Crippen molar-refractivity contribution in [3.8, 4) is 0 Å². The highest BCUT2D eigenvalue weighted by Gasteiger charge is 2.28. The van der Waals surface area contributed by atoms with E-state index in [0.717, 1.165) is 5.56 Å². The second-order valence-corrected chi connectivity index (χ2v) is 6.75. The van der Waals surface area contributed by atoms with Gasteiger partial charge in [0.25, 0.3) is 0 Å². The summed E-state index contributed by atoms with van der Waals surface area (Å²) in [5.41, 5.74) is 0.960. The van der Waals surface area contributed by atoms with Crippen molar-refractivity contribution in [3.05, 3.63) is 22.4 Å². The number of carbonyl (C=O) groups is 3. The molecule has 1 aromatic rings. The summed E-state index contributed by atoms with van der Waals surface area (Å²) in [7, 11) is 1.63. The highest BCUT2D eigenvalue weighted by atomic mass is 32.1. The monoisotopic (exact) mass is 338 g/mol. The molecule has 7 heteroatoms. The average Bonchev–Trinajstić information content (AvgIpc) is 3.07. The molecule has 23 heavy (non-hydrogen) atoms. The third-order valence-electron chi connectivity index (χ3n) is 4.36. The van der Waals surface area contributed by atoms with Gasteiger partial charge in [-0.2, -0.15) is 11.3 Å². The highest BCUT2D eigenvalue weighted by molar-refractivity contribution is 7.08. The van der Waals surface area contributed by atoms with Crippen molar-refractivity contribution in [1.82, 2.24) is 9.80 Å². The first-order valence-corrected chi connectivity index (χ1v) is 8.62. The number of likely N-dealkylation sites (tertiary alicyclic amines) is 1. The summed E-state index contributed by atoms with van der Waals surface area (Å²) in [6, 6.07) is 1.92. The zero-order valence-electron chi connectivity index (χ0n) is 13.4. The van der Waals surface area contributed by atoms with Crippen molar-refractivity contribution in [1.29, 1.82) is 0 Å². The Morgan fingerprint density at radius 3 is 2.57 bits per heavy atom. The molecule has 1 N–H and O–H groups in total. The number of hydrogen-bond donors (Lipinski definition) is 1. The van der Waals surface area contributed by atoms with Gasteiger partial charge in [-0.25, -0.2) is 0 Å². The minimum atomic E-state index is -0.797. The van der Waals surface area contributed by atoms with Crippen molar-refractivity contribution in [2.75, 3.05) is 26.7 Å². The van der Waals surface area contributed by atoms with E-state index >= 15 is 0 Å². The quantitative estimate of drug-likeness (QED) is 0.885. The molecule has 1 aliphatic heterocycles. The first-order chi connectivity index (χ1) is 10.9. The molecule has 0 spiro atoms. The lowest BCUT2D eigenvalue weighted by molar-refractivity contribution is -0.146. The maximum atomic E-state index is 12.4. The van der Waals surface area contributed by atoms with Gasteiger partial charge in [0, 0.05) is 20.1 Å². The van der Waals surface area contributed by atoms with Gasteiger partial charge in [0.15, 0.2) is 0 Å². The van der Waals surface area contributed by atoms with Crippen LogP contribution >= 0.6 is 11.3 Å². The molecule has 1 atom stereocenters. The number of carboxylic acids is 1. The van der Waals surface area contributed by atoms with E-state index in [1.165, 1.54) is 4.90 Å². The molecule has 1 unspecified atom stereocenters. The molecule has 2 heterocycles. The van der Waals surface area contributed by atoms with E-state index in [2.05, 4.69) is 0 Å². The minimum absolute atomic E-state index is 0.0328. The van der Waals surface area contributed by atoms with Crippen LogP contribution in [0.2, 0.25) is 0 Å². The molecule has 126 valence electrons. The minimum Gasteiger partial charge on any atom is -0.481 e. The van der Waals surface area contributed by atoms with E-state index in [1.807, 2.05) is 23.8 Å². The number of aliphatic carboxylic acids is 1. The van der Waals surface area contributed by atoms with Gasteiger partial charge in [-0.05, 0) is 42.2 Å².